The number of imidazole rings is 4. The van der Waals surface area contributed by atoms with E-state index in [-0.39, 0.29) is 0 Å². The molecule has 0 bridgehead atoms. The first-order valence-electron chi connectivity index (χ1n) is 40.7. The van der Waals surface area contributed by atoms with Crippen LogP contribution in [0.3, 0.4) is 0 Å². The fraction of sp³-hybridized carbons (Fsp3) is 0.521. The largest absolute Gasteiger partial charge is 0.324 e. The number of aryl methyl sites for hydroxylation is 1. The maximum atomic E-state index is 4.10. The molecule has 112 heavy (non-hydrogen) atoms. The topological polar surface area (TPSA) is 139 Å². The van der Waals surface area contributed by atoms with Gasteiger partial charge < -0.3 is 17.6 Å². The molecule has 0 unspecified atom stereocenters. The normalized spacial score (nSPS) is 9.92. The second-order valence-corrected chi connectivity index (χ2v) is 34.3. The van der Waals surface area contributed by atoms with Gasteiger partial charge in [-0.2, -0.15) is 5.10 Å². The Labute approximate surface area is 686 Å². The van der Waals surface area contributed by atoms with E-state index in [9.17, 15) is 0 Å². The van der Waals surface area contributed by atoms with Crippen molar-refractivity contribution in [1.29, 1.82) is 0 Å². The maximum absolute atomic E-state index is 4.10. The minimum Gasteiger partial charge on any atom is -0.324 e. The Balaban J connectivity index is -0.000000211. The van der Waals surface area contributed by atoms with Gasteiger partial charge in [0.25, 0.3) is 0 Å². The van der Waals surface area contributed by atoms with Gasteiger partial charge in [0.2, 0.25) is 5.78 Å². The third-order valence-corrected chi connectivity index (χ3v) is 9.14. The van der Waals surface area contributed by atoms with Gasteiger partial charge in [0.15, 0.2) is 11.3 Å². The lowest BCUT2D eigenvalue weighted by Gasteiger charge is -2.05. The highest BCUT2D eigenvalue weighted by molar-refractivity contribution is 5.47. The van der Waals surface area contributed by atoms with Crippen LogP contribution in [0.25, 0.3) is 39.4 Å². The van der Waals surface area contributed by atoms with Crippen molar-refractivity contribution in [2.75, 3.05) is 0 Å². The summed E-state index contributed by atoms with van der Waals surface area (Å²) in [7, 11) is 1.98. The summed E-state index contributed by atoms with van der Waals surface area (Å²) in [6.07, 6.45) is 41.1. The summed E-state index contributed by atoms with van der Waals surface area (Å²) in [4.78, 5) is 28.2. The molecule has 14 rings (SSSR count). The lowest BCUT2D eigenvalue weighted by atomic mass is 10.0. The van der Waals surface area contributed by atoms with E-state index in [1.807, 2.05) is 307 Å². The zero-order valence-electron chi connectivity index (χ0n) is 79.7. The molecule has 0 aliphatic heterocycles. The minimum atomic E-state index is 0.500. The molecule has 0 radical (unpaired) electrons. The van der Waals surface area contributed by atoms with Gasteiger partial charge in [-0.25, -0.2) is 38.9 Å². The van der Waals surface area contributed by atoms with E-state index in [4.69, 9.17) is 0 Å². The molecular formula is C96H168N16. The first-order valence-corrected chi connectivity index (χ1v) is 40.7. The lowest BCUT2D eigenvalue weighted by molar-refractivity contribution is 0.469. The van der Waals surface area contributed by atoms with Gasteiger partial charge in [-0.1, -0.05) is 309 Å². The third-order valence-electron chi connectivity index (χ3n) is 9.14. The Hall–Kier alpha value is -9.18. The van der Waals surface area contributed by atoms with Crippen LogP contribution in [0.5, 0.6) is 0 Å². The molecule has 0 saturated carbocycles. The van der Waals surface area contributed by atoms with Crippen LogP contribution in [-0.2, 0) is 7.05 Å². The van der Waals surface area contributed by atoms with Gasteiger partial charge in [0.1, 0.15) is 11.3 Å². The molecule has 0 aliphatic carbocycles. The van der Waals surface area contributed by atoms with E-state index in [2.05, 4.69) is 250 Å². The number of hydrogen-bond donors (Lipinski definition) is 0. The highest BCUT2D eigenvalue weighted by Crippen LogP contribution is 2.12. The Morgan fingerprint density at radius 2 is 0.527 bits per heavy atom. The first kappa shape index (κ1) is 116. The van der Waals surface area contributed by atoms with Crippen molar-refractivity contribution < 1.29 is 0 Å². The molecule has 14 aromatic heterocycles. The van der Waals surface area contributed by atoms with Crippen LogP contribution in [0, 0.1) is 37.9 Å². The number of fused-ring (bicyclic) bond motifs is 7. The highest BCUT2D eigenvalue weighted by Gasteiger charge is 2.00. The minimum absolute atomic E-state index is 0.500. The van der Waals surface area contributed by atoms with Crippen molar-refractivity contribution >= 4 is 39.4 Å². The van der Waals surface area contributed by atoms with Crippen molar-refractivity contribution in [3.63, 3.8) is 0 Å². The van der Waals surface area contributed by atoms with E-state index >= 15 is 0 Å². The fourth-order valence-electron chi connectivity index (χ4n) is 6.06. The van der Waals surface area contributed by atoms with Crippen molar-refractivity contribution in [3.05, 3.63) is 239 Å². The molecular weight excluding hydrogens is 1380 g/mol. The second kappa shape index (κ2) is 66.4. The van der Waals surface area contributed by atoms with Crippen LogP contribution < -0.4 is 0 Å². The van der Waals surface area contributed by atoms with Crippen molar-refractivity contribution in [1.82, 2.24) is 75.7 Å². The fourth-order valence-corrected chi connectivity index (χ4v) is 6.06. The molecule has 14 heterocycles. The average Bonchev–Trinajstić information content (AvgIpc) is 1.70. The third kappa shape index (κ3) is 80.3. The Bertz CT molecular complexity index is 3370. The number of nitrogens with zero attached hydrogens (tertiary/aromatic N) is 16. The first-order chi connectivity index (χ1) is 52.2. The Kier molecular flexibility index (Phi) is 68.9. The van der Waals surface area contributed by atoms with Crippen molar-refractivity contribution in [3.8, 4) is 0 Å². The molecule has 0 spiro atoms. The van der Waals surface area contributed by atoms with Crippen LogP contribution in [0.4, 0.5) is 0 Å². The summed E-state index contributed by atoms with van der Waals surface area (Å²) >= 11 is 0. The van der Waals surface area contributed by atoms with Crippen LogP contribution >= 0.6 is 0 Å². The number of rotatable bonds is 0. The molecule has 0 fully saturated rings. The molecule has 0 aliphatic rings. The Morgan fingerprint density at radius 3 is 0.973 bits per heavy atom. The summed E-state index contributed by atoms with van der Waals surface area (Å²) in [5.74, 6) is 0.748. The van der Waals surface area contributed by atoms with Crippen LogP contribution in [0.2, 0.25) is 0 Å². The van der Waals surface area contributed by atoms with Crippen molar-refractivity contribution in [2.45, 2.75) is 291 Å². The van der Waals surface area contributed by atoms with E-state index in [0.717, 1.165) is 33.9 Å². The van der Waals surface area contributed by atoms with E-state index < -0.39 is 0 Å². The van der Waals surface area contributed by atoms with Gasteiger partial charge in [-0.3, -0.25) is 14.1 Å². The molecule has 16 heteroatoms. The molecule has 0 aromatic carbocycles. The molecule has 0 N–H and O–H groups in total. The van der Waals surface area contributed by atoms with E-state index in [1.54, 1.807) is 55.8 Å². The van der Waals surface area contributed by atoms with Gasteiger partial charge in [0.05, 0.1) is 11.7 Å². The van der Waals surface area contributed by atoms with E-state index in [1.165, 1.54) is 5.52 Å². The predicted octanol–water partition coefficient (Wildman–Crippen LogP) is 29.6. The van der Waals surface area contributed by atoms with E-state index in [0.29, 0.717) is 37.9 Å². The van der Waals surface area contributed by atoms with Gasteiger partial charge in [0, 0.05) is 149 Å². The quantitative estimate of drug-likeness (QED) is 0.146. The Morgan fingerprint density at radius 1 is 0.223 bits per heavy atom. The van der Waals surface area contributed by atoms with Gasteiger partial charge in [-0.05, 0) is 117 Å². The smallest absolute Gasteiger partial charge is 0.233 e. The highest BCUT2D eigenvalue weighted by atomic mass is 15.4. The summed E-state index contributed by atoms with van der Waals surface area (Å²) in [5, 5.41) is 4.04. The van der Waals surface area contributed by atoms with Crippen molar-refractivity contribution in [2.24, 2.45) is 45.0 Å². The van der Waals surface area contributed by atoms with Gasteiger partial charge >= 0.3 is 0 Å². The molecule has 14 aromatic rings. The summed E-state index contributed by atoms with van der Waals surface area (Å²) < 4.78 is 15.6. The maximum Gasteiger partial charge on any atom is 0.233 e. The van der Waals surface area contributed by atoms with Crippen LogP contribution in [0.15, 0.2) is 239 Å². The zero-order valence-corrected chi connectivity index (χ0v) is 79.7. The SMILES string of the molecule is CC.CC.CC.CC.CC.CC.CC.CC(C)(C)C.CC(C)(C)C.CC(C)(C)C.CC(C)(C)C.CC(C)(C)C.CC(C)(C)C.CC(C)(C)C.Cn1ccc2nccn21.c1ccn2cccc2c1.c1ccn2ccnc2c1.c1ccn2nccc2c1.c1cn2ccnc2cn1.c1cnc2cccn2c1.c1cnc2nccn2c1. The zero-order chi connectivity index (χ0) is 88.4. The lowest BCUT2D eigenvalue weighted by Crippen LogP contribution is -1.93. The monoisotopic (exact) mass is 1550 g/mol. The second-order valence-electron chi connectivity index (χ2n) is 34.3. The molecule has 0 saturated heterocycles. The van der Waals surface area contributed by atoms with Crippen LogP contribution in [-0.4, -0.2) is 75.7 Å². The molecule has 0 amide bonds. The molecule has 16 nitrogen and oxygen atoms in total. The van der Waals surface area contributed by atoms with Gasteiger partial charge in [-0.15, -0.1) is 0 Å². The number of aromatic nitrogens is 16. The number of hydrogen-bond acceptors (Lipinski definition) is 8. The predicted molar refractivity (Wildman–Crippen MR) is 498 cm³/mol. The average molecular weight is 1550 g/mol. The molecule has 0 atom stereocenters. The summed E-state index contributed by atoms with van der Waals surface area (Å²) in [6, 6.07) is 33.8. The van der Waals surface area contributed by atoms with Crippen LogP contribution in [0.1, 0.15) is 291 Å². The summed E-state index contributed by atoms with van der Waals surface area (Å²) in [5.41, 5.74) is 9.76. The summed E-state index contributed by atoms with van der Waals surface area (Å²) in [6.45, 7) is 89.2. The molecule has 632 valence electrons. The number of pyridine rings is 3. The standard InChI is InChI=1S/C8H7N.3C7H6N2.C6H7N3.2C6H5N3.7C5H12.7C2H6/c1-2-6-9-7-3-5-8(9)4-1;1-3-7-8-4-2-6-9(7)5-1;1-2-6-9-7(3-1)4-5-8-9;1-2-5-9-6-4-8-7(9)3-1;1-8-4-2-6-7-3-5-9(6)8;1-3-9-4-2-8-6(9)5-7-1;1-2-7-6-8-3-5-9(6)4-1;7*1-5(2,3)4;7*1-2/h1-7H;3*1-6H;2-5H,1H3;2*1-5H;7*1-4H3;7*1-2H3.